The van der Waals surface area contributed by atoms with Crippen LogP contribution in [0.5, 0.6) is 0 Å². The monoisotopic (exact) mass is 311 g/mol. The van der Waals surface area contributed by atoms with Gasteiger partial charge in [0.15, 0.2) is 0 Å². The van der Waals surface area contributed by atoms with Crippen molar-refractivity contribution < 1.29 is 8.42 Å². The first kappa shape index (κ1) is 16.3. The summed E-state index contributed by atoms with van der Waals surface area (Å²) < 4.78 is 27.5. The average Bonchev–Trinajstić information content (AvgIpc) is 2.38. The molecule has 0 bridgehead atoms. The maximum Gasteiger partial charge on any atom is 0.240 e. The maximum atomic E-state index is 12.3. The van der Waals surface area contributed by atoms with E-state index in [0.717, 1.165) is 25.9 Å². The molecule has 3 N–H and O–H groups in total. The van der Waals surface area contributed by atoms with Gasteiger partial charge < -0.3 is 5.73 Å². The molecule has 5 nitrogen and oxygen atoms in total. The Morgan fingerprint density at radius 3 is 2.14 bits per heavy atom. The highest BCUT2D eigenvalue weighted by Crippen LogP contribution is 2.21. The number of hydrogen-bond donors (Lipinski definition) is 2. The van der Waals surface area contributed by atoms with Gasteiger partial charge in [0.1, 0.15) is 0 Å². The van der Waals surface area contributed by atoms with Crippen LogP contribution in [-0.2, 0) is 10.0 Å². The van der Waals surface area contributed by atoms with Crippen molar-refractivity contribution in [2.45, 2.75) is 50.1 Å². The van der Waals surface area contributed by atoms with Gasteiger partial charge in [0.25, 0.3) is 0 Å². The molecule has 0 atom stereocenters. The molecule has 6 heteroatoms. The van der Waals surface area contributed by atoms with Gasteiger partial charge in [0.2, 0.25) is 10.0 Å². The van der Waals surface area contributed by atoms with E-state index in [4.69, 9.17) is 5.73 Å². The molecule has 2 rings (SSSR count). The molecule has 1 heterocycles. The first-order chi connectivity index (χ1) is 9.68. The highest BCUT2D eigenvalue weighted by atomic mass is 32.2. The molecule has 1 aliphatic rings. The average molecular weight is 311 g/mol. The number of hydrogen-bond acceptors (Lipinski definition) is 4. The molecular weight excluding hydrogens is 286 g/mol. The molecule has 0 amide bonds. The van der Waals surface area contributed by atoms with E-state index in [1.807, 2.05) is 0 Å². The minimum absolute atomic E-state index is 0.00570. The lowest BCUT2D eigenvalue weighted by molar-refractivity contribution is 0.100. The Balaban J connectivity index is 1.98. The van der Waals surface area contributed by atoms with E-state index in [-0.39, 0.29) is 16.5 Å². The van der Waals surface area contributed by atoms with Gasteiger partial charge in [-0.3, -0.25) is 4.90 Å². The molecule has 0 aromatic heterocycles. The van der Waals surface area contributed by atoms with Crippen molar-refractivity contribution in [2.75, 3.05) is 18.8 Å². The van der Waals surface area contributed by atoms with Gasteiger partial charge in [-0.15, -0.1) is 0 Å². The van der Waals surface area contributed by atoms with Crippen molar-refractivity contribution >= 4 is 15.7 Å². The lowest BCUT2D eigenvalue weighted by atomic mass is 9.99. The number of rotatable bonds is 3. The number of piperidine rings is 1. The zero-order valence-electron chi connectivity index (χ0n) is 13.0. The standard InChI is InChI=1S/C15H25N3O2S/c1-15(2,3)18-10-8-13(9-11-18)17-21(19,20)14-6-4-12(16)5-7-14/h4-7,13,17H,8-11,16H2,1-3H3. The molecule has 0 aliphatic carbocycles. The van der Waals surface area contributed by atoms with E-state index in [9.17, 15) is 8.42 Å². The van der Waals surface area contributed by atoms with E-state index >= 15 is 0 Å². The van der Waals surface area contributed by atoms with E-state index in [1.165, 1.54) is 0 Å². The van der Waals surface area contributed by atoms with Crippen molar-refractivity contribution in [3.05, 3.63) is 24.3 Å². The predicted octanol–water partition coefficient (Wildman–Crippen LogP) is 1.81. The Kier molecular flexibility index (Phi) is 4.60. The Morgan fingerprint density at radius 1 is 1.14 bits per heavy atom. The second-order valence-corrected chi connectivity index (χ2v) is 8.34. The molecule has 0 unspecified atom stereocenters. The fourth-order valence-electron chi connectivity index (χ4n) is 2.60. The molecule has 118 valence electrons. The Morgan fingerprint density at radius 2 is 1.67 bits per heavy atom. The highest BCUT2D eigenvalue weighted by Gasteiger charge is 2.29. The molecule has 21 heavy (non-hydrogen) atoms. The fourth-order valence-corrected chi connectivity index (χ4v) is 3.91. The predicted molar refractivity (Wildman–Crippen MR) is 85.5 cm³/mol. The molecular formula is C15H25N3O2S. The van der Waals surface area contributed by atoms with Crippen LogP contribution in [0.3, 0.4) is 0 Å². The van der Waals surface area contributed by atoms with Crippen molar-refractivity contribution in [1.82, 2.24) is 9.62 Å². The Hall–Kier alpha value is -1.11. The van der Waals surface area contributed by atoms with Gasteiger partial charge >= 0.3 is 0 Å². The third-order valence-electron chi connectivity index (χ3n) is 3.96. The second-order valence-electron chi connectivity index (χ2n) is 6.62. The van der Waals surface area contributed by atoms with Gasteiger partial charge in [-0.05, 0) is 57.9 Å². The zero-order valence-corrected chi connectivity index (χ0v) is 13.8. The summed E-state index contributed by atoms with van der Waals surface area (Å²) in [4.78, 5) is 2.66. The van der Waals surface area contributed by atoms with E-state index in [0.29, 0.717) is 5.69 Å². The van der Waals surface area contributed by atoms with Crippen LogP contribution in [0.2, 0.25) is 0 Å². The van der Waals surface area contributed by atoms with Crippen molar-refractivity contribution in [2.24, 2.45) is 0 Å². The van der Waals surface area contributed by atoms with Crippen LogP contribution in [0, 0.1) is 0 Å². The number of nitrogens with one attached hydrogen (secondary N) is 1. The molecule has 1 saturated heterocycles. The number of anilines is 1. The zero-order chi connectivity index (χ0) is 15.7. The minimum atomic E-state index is -3.45. The van der Waals surface area contributed by atoms with E-state index in [2.05, 4.69) is 30.4 Å². The molecule has 1 aromatic carbocycles. The fraction of sp³-hybridized carbons (Fsp3) is 0.600. The largest absolute Gasteiger partial charge is 0.399 e. The minimum Gasteiger partial charge on any atom is -0.399 e. The molecule has 0 saturated carbocycles. The lowest BCUT2D eigenvalue weighted by Crippen LogP contribution is -2.50. The summed E-state index contributed by atoms with van der Waals surface area (Å²) in [5.41, 5.74) is 6.29. The van der Waals surface area contributed by atoms with Crippen LogP contribution < -0.4 is 10.5 Å². The van der Waals surface area contributed by atoms with Crippen molar-refractivity contribution in [1.29, 1.82) is 0 Å². The number of benzene rings is 1. The molecule has 0 spiro atoms. The maximum absolute atomic E-state index is 12.3. The molecule has 1 aliphatic heterocycles. The van der Waals surface area contributed by atoms with E-state index < -0.39 is 10.0 Å². The third kappa shape index (κ3) is 4.18. The van der Waals surface area contributed by atoms with Crippen LogP contribution in [0.25, 0.3) is 0 Å². The van der Waals surface area contributed by atoms with Gasteiger partial charge in [0, 0.05) is 30.4 Å². The SMILES string of the molecule is CC(C)(C)N1CCC(NS(=O)(=O)c2ccc(N)cc2)CC1. The number of likely N-dealkylation sites (tertiary alicyclic amines) is 1. The molecule has 1 fully saturated rings. The smallest absolute Gasteiger partial charge is 0.240 e. The summed E-state index contributed by atoms with van der Waals surface area (Å²) in [6, 6.07) is 6.31. The second kappa shape index (κ2) is 5.94. The molecule has 1 aromatic rings. The number of nitrogens with two attached hydrogens (primary N) is 1. The van der Waals surface area contributed by atoms with Crippen LogP contribution in [0.1, 0.15) is 33.6 Å². The van der Waals surface area contributed by atoms with Crippen molar-refractivity contribution in [3.8, 4) is 0 Å². The van der Waals surface area contributed by atoms with Crippen molar-refractivity contribution in [3.63, 3.8) is 0 Å². The number of sulfonamides is 1. The Labute approximate surface area is 127 Å². The summed E-state index contributed by atoms with van der Waals surface area (Å²) in [7, 11) is -3.45. The van der Waals surface area contributed by atoms with Gasteiger partial charge in [-0.2, -0.15) is 0 Å². The summed E-state index contributed by atoms with van der Waals surface area (Å²) >= 11 is 0. The lowest BCUT2D eigenvalue weighted by Gasteiger charge is -2.40. The van der Waals surface area contributed by atoms with Crippen LogP contribution >= 0.6 is 0 Å². The summed E-state index contributed by atoms with van der Waals surface area (Å²) in [6.45, 7) is 8.39. The van der Waals surface area contributed by atoms with Gasteiger partial charge in [0.05, 0.1) is 4.90 Å². The van der Waals surface area contributed by atoms with E-state index in [1.54, 1.807) is 24.3 Å². The van der Waals surface area contributed by atoms with Gasteiger partial charge in [-0.25, -0.2) is 13.1 Å². The summed E-state index contributed by atoms with van der Waals surface area (Å²) in [5.74, 6) is 0. The topological polar surface area (TPSA) is 75.4 Å². The van der Waals surface area contributed by atoms with Crippen LogP contribution in [-0.4, -0.2) is 38.0 Å². The van der Waals surface area contributed by atoms with Crippen LogP contribution in [0.4, 0.5) is 5.69 Å². The first-order valence-corrected chi connectivity index (χ1v) is 8.80. The highest BCUT2D eigenvalue weighted by molar-refractivity contribution is 7.89. The summed E-state index contributed by atoms with van der Waals surface area (Å²) in [6.07, 6.45) is 1.68. The summed E-state index contributed by atoms with van der Waals surface area (Å²) in [5, 5.41) is 0. The molecule has 0 radical (unpaired) electrons. The quantitative estimate of drug-likeness (QED) is 0.835. The number of nitrogen functional groups attached to an aromatic ring is 1. The third-order valence-corrected chi connectivity index (χ3v) is 5.49. The van der Waals surface area contributed by atoms with Gasteiger partial charge in [-0.1, -0.05) is 0 Å². The normalized spacial score (nSPS) is 18.8. The number of nitrogens with zero attached hydrogens (tertiary/aromatic N) is 1. The first-order valence-electron chi connectivity index (χ1n) is 7.31. The van der Waals surface area contributed by atoms with Crippen LogP contribution in [0.15, 0.2) is 29.2 Å². The Bertz CT molecular complexity index is 568.